The summed E-state index contributed by atoms with van der Waals surface area (Å²) in [4.78, 5) is 0. The molecule has 0 aromatic carbocycles. The van der Waals surface area contributed by atoms with Gasteiger partial charge in [-0.05, 0) is 42.7 Å². The van der Waals surface area contributed by atoms with Crippen LogP contribution in [-0.4, -0.2) is 5.38 Å². The molecule has 0 radical (unpaired) electrons. The Kier molecular flexibility index (Phi) is 3.43. The van der Waals surface area contributed by atoms with Crippen molar-refractivity contribution in [3.8, 4) is 0 Å². The summed E-state index contributed by atoms with van der Waals surface area (Å²) in [6.45, 7) is 3.95. The zero-order valence-electron chi connectivity index (χ0n) is 7.59. The third kappa shape index (κ3) is 2.52. The van der Waals surface area contributed by atoms with Gasteiger partial charge < -0.3 is 11.5 Å². The van der Waals surface area contributed by atoms with E-state index in [4.69, 9.17) is 23.1 Å². The number of hydrogen-bond donors (Lipinski definition) is 2. The standard InChI is InChI=1S/C10H15ClN2/c1-7-6-8(11)2-3-9(7)10(13)4-5-12/h4-5,8H,1-3,6,12-13H2/b5-4-,10-9+. The molecular weight excluding hydrogens is 184 g/mol. The van der Waals surface area contributed by atoms with Crippen molar-refractivity contribution in [2.45, 2.75) is 24.6 Å². The minimum absolute atomic E-state index is 0.214. The van der Waals surface area contributed by atoms with Gasteiger partial charge in [-0.3, -0.25) is 0 Å². The number of alkyl halides is 1. The lowest BCUT2D eigenvalue weighted by atomic mass is 9.89. The zero-order chi connectivity index (χ0) is 9.84. The number of allylic oxidation sites excluding steroid dienone is 3. The summed E-state index contributed by atoms with van der Waals surface area (Å²) in [6.07, 6.45) is 5.85. The predicted molar refractivity (Wildman–Crippen MR) is 57.2 cm³/mol. The van der Waals surface area contributed by atoms with Crippen molar-refractivity contribution >= 4 is 11.6 Å². The minimum Gasteiger partial charge on any atom is -0.405 e. The van der Waals surface area contributed by atoms with E-state index in [0.29, 0.717) is 0 Å². The molecule has 1 fully saturated rings. The Balaban J connectivity index is 2.81. The Morgan fingerprint density at radius 3 is 2.85 bits per heavy atom. The van der Waals surface area contributed by atoms with Crippen molar-refractivity contribution in [3.05, 3.63) is 35.7 Å². The fourth-order valence-corrected chi connectivity index (χ4v) is 1.82. The average molecular weight is 199 g/mol. The fourth-order valence-electron chi connectivity index (χ4n) is 1.52. The highest BCUT2D eigenvalue weighted by atomic mass is 35.5. The topological polar surface area (TPSA) is 52.0 Å². The molecule has 1 aliphatic carbocycles. The number of nitrogens with two attached hydrogens (primary N) is 2. The highest BCUT2D eigenvalue weighted by Gasteiger charge is 2.18. The Labute approximate surface area is 83.9 Å². The first-order chi connectivity index (χ1) is 6.15. The molecule has 2 nitrogen and oxygen atoms in total. The predicted octanol–water partition coefficient (Wildman–Crippen LogP) is 2.02. The molecule has 1 saturated carbocycles. The molecule has 0 amide bonds. The second-order valence-corrected chi connectivity index (χ2v) is 3.85. The van der Waals surface area contributed by atoms with E-state index in [-0.39, 0.29) is 5.38 Å². The van der Waals surface area contributed by atoms with Gasteiger partial charge in [0, 0.05) is 11.1 Å². The summed E-state index contributed by atoms with van der Waals surface area (Å²) in [5.74, 6) is 0. The first-order valence-corrected chi connectivity index (χ1v) is 4.78. The molecule has 72 valence electrons. The monoisotopic (exact) mass is 198 g/mol. The molecule has 0 saturated heterocycles. The second kappa shape index (κ2) is 4.38. The first-order valence-electron chi connectivity index (χ1n) is 4.34. The smallest absolute Gasteiger partial charge is 0.0379 e. The van der Waals surface area contributed by atoms with Crippen LogP contribution in [0.1, 0.15) is 19.3 Å². The third-order valence-corrected chi connectivity index (χ3v) is 2.60. The van der Waals surface area contributed by atoms with Crippen LogP contribution in [0, 0.1) is 0 Å². The maximum absolute atomic E-state index is 5.99. The molecule has 0 aromatic rings. The van der Waals surface area contributed by atoms with Gasteiger partial charge in [0.25, 0.3) is 0 Å². The van der Waals surface area contributed by atoms with Crippen molar-refractivity contribution in [2.24, 2.45) is 11.5 Å². The SMILES string of the molecule is C=C1CC(Cl)CC/C1=C(N)/C=C\N. The van der Waals surface area contributed by atoms with E-state index in [1.165, 1.54) is 6.20 Å². The van der Waals surface area contributed by atoms with Gasteiger partial charge in [0.1, 0.15) is 0 Å². The molecule has 1 unspecified atom stereocenters. The number of hydrogen-bond acceptors (Lipinski definition) is 2. The first kappa shape index (κ1) is 10.2. The molecule has 13 heavy (non-hydrogen) atoms. The van der Waals surface area contributed by atoms with Crippen LogP contribution >= 0.6 is 11.6 Å². The molecule has 0 spiro atoms. The van der Waals surface area contributed by atoms with E-state index in [1.54, 1.807) is 6.08 Å². The maximum Gasteiger partial charge on any atom is 0.0379 e. The van der Waals surface area contributed by atoms with Crippen molar-refractivity contribution in [1.29, 1.82) is 0 Å². The Hall–Kier alpha value is -0.890. The van der Waals surface area contributed by atoms with Gasteiger partial charge in [-0.15, -0.1) is 11.6 Å². The van der Waals surface area contributed by atoms with E-state index < -0.39 is 0 Å². The van der Waals surface area contributed by atoms with Crippen LogP contribution in [0.2, 0.25) is 0 Å². The fraction of sp³-hybridized carbons (Fsp3) is 0.400. The molecule has 0 heterocycles. The third-order valence-electron chi connectivity index (χ3n) is 2.23. The Morgan fingerprint density at radius 1 is 1.62 bits per heavy atom. The van der Waals surface area contributed by atoms with Crippen molar-refractivity contribution < 1.29 is 0 Å². The lowest BCUT2D eigenvalue weighted by Crippen LogP contribution is -2.13. The van der Waals surface area contributed by atoms with Gasteiger partial charge in [-0.25, -0.2) is 0 Å². The highest BCUT2D eigenvalue weighted by molar-refractivity contribution is 6.20. The molecule has 1 aliphatic rings. The lowest BCUT2D eigenvalue weighted by Gasteiger charge is -2.22. The maximum atomic E-state index is 5.99. The van der Waals surface area contributed by atoms with Gasteiger partial charge in [0.2, 0.25) is 0 Å². The molecule has 0 aliphatic heterocycles. The van der Waals surface area contributed by atoms with Crippen LogP contribution < -0.4 is 11.5 Å². The van der Waals surface area contributed by atoms with Crippen molar-refractivity contribution in [3.63, 3.8) is 0 Å². The lowest BCUT2D eigenvalue weighted by molar-refractivity contribution is 0.685. The van der Waals surface area contributed by atoms with Gasteiger partial charge in [0.05, 0.1) is 0 Å². The molecule has 1 rings (SSSR count). The van der Waals surface area contributed by atoms with Gasteiger partial charge in [0.15, 0.2) is 0 Å². The van der Waals surface area contributed by atoms with Crippen LogP contribution in [0.25, 0.3) is 0 Å². The Morgan fingerprint density at radius 2 is 2.31 bits per heavy atom. The summed E-state index contributed by atoms with van der Waals surface area (Å²) >= 11 is 5.99. The average Bonchev–Trinajstić information content (AvgIpc) is 2.04. The van der Waals surface area contributed by atoms with Crippen molar-refractivity contribution in [1.82, 2.24) is 0 Å². The van der Waals surface area contributed by atoms with Crippen molar-refractivity contribution in [2.75, 3.05) is 0 Å². The van der Waals surface area contributed by atoms with Crippen LogP contribution in [0.15, 0.2) is 35.7 Å². The largest absolute Gasteiger partial charge is 0.405 e. The molecule has 4 N–H and O–H groups in total. The van der Waals surface area contributed by atoms with Gasteiger partial charge in [-0.1, -0.05) is 6.58 Å². The zero-order valence-corrected chi connectivity index (χ0v) is 8.35. The van der Waals surface area contributed by atoms with Crippen LogP contribution in [0.5, 0.6) is 0 Å². The second-order valence-electron chi connectivity index (χ2n) is 3.24. The Bertz CT molecular complexity index is 266. The summed E-state index contributed by atoms with van der Waals surface area (Å²) in [5.41, 5.74) is 13.9. The van der Waals surface area contributed by atoms with Gasteiger partial charge in [-0.2, -0.15) is 0 Å². The molecule has 3 heteroatoms. The van der Waals surface area contributed by atoms with E-state index in [9.17, 15) is 0 Å². The molecule has 0 bridgehead atoms. The van der Waals surface area contributed by atoms with Crippen LogP contribution in [0.4, 0.5) is 0 Å². The van der Waals surface area contributed by atoms with E-state index in [0.717, 1.165) is 36.1 Å². The molecular formula is C10H15ClN2. The normalized spacial score (nSPS) is 28.1. The van der Waals surface area contributed by atoms with Gasteiger partial charge >= 0.3 is 0 Å². The summed E-state index contributed by atoms with van der Waals surface area (Å²) in [5, 5.41) is 0.214. The molecule has 1 atom stereocenters. The van der Waals surface area contributed by atoms with E-state index >= 15 is 0 Å². The van der Waals surface area contributed by atoms with E-state index in [1.807, 2.05) is 0 Å². The molecule has 0 aromatic heterocycles. The van der Waals surface area contributed by atoms with E-state index in [2.05, 4.69) is 6.58 Å². The highest BCUT2D eigenvalue weighted by Crippen LogP contribution is 2.31. The number of rotatable bonds is 1. The summed E-state index contributed by atoms with van der Waals surface area (Å²) < 4.78 is 0. The quantitative estimate of drug-likeness (QED) is 0.634. The van der Waals surface area contributed by atoms with Crippen LogP contribution in [0.3, 0.4) is 0 Å². The minimum atomic E-state index is 0.214. The number of halogens is 1. The summed E-state index contributed by atoms with van der Waals surface area (Å²) in [6, 6.07) is 0. The van der Waals surface area contributed by atoms with Crippen LogP contribution in [-0.2, 0) is 0 Å². The summed E-state index contributed by atoms with van der Waals surface area (Å²) in [7, 11) is 0.